The van der Waals surface area contributed by atoms with E-state index in [2.05, 4.69) is 10.3 Å². The van der Waals surface area contributed by atoms with Gasteiger partial charge in [0, 0.05) is 22.8 Å². The highest BCUT2D eigenvalue weighted by Crippen LogP contribution is 2.26. The van der Waals surface area contributed by atoms with Crippen molar-refractivity contribution >= 4 is 22.2 Å². The molecule has 4 rings (SSSR count). The summed E-state index contributed by atoms with van der Waals surface area (Å²) in [7, 11) is 1.65. The highest BCUT2D eigenvalue weighted by Gasteiger charge is 2.15. The second-order valence-electron chi connectivity index (χ2n) is 6.61. The van der Waals surface area contributed by atoms with Crippen LogP contribution in [0, 0.1) is 0 Å². The molecule has 1 unspecified atom stereocenters. The van der Waals surface area contributed by atoms with Crippen LogP contribution in [0.1, 0.15) is 24.2 Å². The third-order valence-corrected chi connectivity index (χ3v) is 5.56. The van der Waals surface area contributed by atoms with Gasteiger partial charge >= 0.3 is 0 Å². The summed E-state index contributed by atoms with van der Waals surface area (Å²) in [6.07, 6.45) is 2.29. The number of aromatic nitrogens is 2. The molecule has 2 aromatic heterocycles. The minimum atomic E-state index is -0.0297. The molecule has 4 aromatic rings. The number of fused-ring (bicyclic) bond motifs is 1. The zero-order chi connectivity index (χ0) is 19.5. The third-order valence-electron chi connectivity index (χ3n) is 4.67. The van der Waals surface area contributed by atoms with E-state index >= 15 is 0 Å². The summed E-state index contributed by atoms with van der Waals surface area (Å²) < 4.78 is 7.29. The van der Waals surface area contributed by atoms with Gasteiger partial charge < -0.3 is 10.1 Å². The maximum absolute atomic E-state index is 12.5. The van der Waals surface area contributed by atoms with Gasteiger partial charge in [-0.2, -0.15) is 0 Å². The summed E-state index contributed by atoms with van der Waals surface area (Å²) in [5, 5.41) is 5.06. The van der Waals surface area contributed by atoms with Crippen molar-refractivity contribution in [2.75, 3.05) is 7.11 Å². The molecule has 0 saturated carbocycles. The number of hydrogen-bond acceptors (Lipinski definition) is 4. The number of amides is 1. The smallest absolute Gasteiger partial charge is 0.226 e. The number of carbonyl (C=O) groups is 1. The van der Waals surface area contributed by atoms with Gasteiger partial charge in [0.25, 0.3) is 0 Å². The lowest BCUT2D eigenvalue weighted by Gasteiger charge is -2.14. The Morgan fingerprint density at radius 3 is 2.82 bits per heavy atom. The summed E-state index contributed by atoms with van der Waals surface area (Å²) in [6.45, 7) is 1.99. The molecule has 1 atom stereocenters. The maximum atomic E-state index is 12.5. The van der Waals surface area contributed by atoms with Crippen molar-refractivity contribution in [2.45, 2.75) is 19.4 Å². The highest BCUT2D eigenvalue weighted by atomic mass is 32.1. The average Bonchev–Trinajstić information content (AvgIpc) is 3.30. The molecule has 0 aliphatic carbocycles. The number of nitrogens with zero attached hydrogens (tertiary/aromatic N) is 2. The summed E-state index contributed by atoms with van der Waals surface area (Å²) in [6, 6.07) is 17.7. The molecule has 0 spiro atoms. The lowest BCUT2D eigenvalue weighted by Crippen LogP contribution is -2.28. The molecule has 0 radical (unpaired) electrons. The van der Waals surface area contributed by atoms with Gasteiger partial charge in [0.05, 0.1) is 25.3 Å². The molecule has 1 N–H and O–H groups in total. The molecule has 28 heavy (non-hydrogen) atoms. The first-order valence-corrected chi connectivity index (χ1v) is 9.96. The molecule has 0 aliphatic heterocycles. The van der Waals surface area contributed by atoms with E-state index in [1.165, 1.54) is 11.3 Å². The zero-order valence-electron chi connectivity index (χ0n) is 15.8. The SMILES string of the molecule is COc1cccc(-c2cn3c(CC(=O)NC(C)c4ccccc4)csc3n2)c1. The first-order chi connectivity index (χ1) is 13.6. The number of imidazole rings is 1. The number of hydrogen-bond donors (Lipinski definition) is 1. The van der Waals surface area contributed by atoms with Gasteiger partial charge in [0.1, 0.15) is 5.75 Å². The largest absolute Gasteiger partial charge is 0.497 e. The van der Waals surface area contributed by atoms with Crippen molar-refractivity contribution in [1.82, 2.24) is 14.7 Å². The molecule has 0 saturated heterocycles. The minimum absolute atomic E-state index is 0.00677. The Labute approximate surface area is 167 Å². The van der Waals surface area contributed by atoms with E-state index in [9.17, 15) is 4.79 Å². The van der Waals surface area contributed by atoms with Gasteiger partial charge in [0.15, 0.2) is 4.96 Å². The Kier molecular flexibility index (Phi) is 5.12. The second-order valence-corrected chi connectivity index (χ2v) is 7.45. The van der Waals surface area contributed by atoms with E-state index < -0.39 is 0 Å². The third kappa shape index (κ3) is 3.77. The Morgan fingerprint density at radius 2 is 2.04 bits per heavy atom. The predicted molar refractivity (Wildman–Crippen MR) is 112 cm³/mol. The number of benzene rings is 2. The summed E-state index contributed by atoms with van der Waals surface area (Å²) in [4.78, 5) is 18.1. The Bertz CT molecular complexity index is 1100. The van der Waals surface area contributed by atoms with E-state index in [1.807, 2.05) is 77.5 Å². The average molecular weight is 391 g/mol. The Balaban J connectivity index is 1.51. The van der Waals surface area contributed by atoms with Gasteiger partial charge in [-0.15, -0.1) is 11.3 Å². The second kappa shape index (κ2) is 7.86. The molecule has 6 heteroatoms. The normalized spacial score (nSPS) is 12.1. The number of carbonyl (C=O) groups excluding carboxylic acids is 1. The van der Waals surface area contributed by atoms with Crippen molar-refractivity contribution in [3.63, 3.8) is 0 Å². The van der Waals surface area contributed by atoms with Crippen molar-refractivity contribution in [1.29, 1.82) is 0 Å². The number of ether oxygens (including phenoxy) is 1. The van der Waals surface area contributed by atoms with Crippen LogP contribution in [0.4, 0.5) is 0 Å². The molecule has 0 aliphatic rings. The van der Waals surface area contributed by atoms with E-state index in [0.29, 0.717) is 6.42 Å². The quantitative estimate of drug-likeness (QED) is 0.527. The van der Waals surface area contributed by atoms with Crippen LogP contribution in [0.15, 0.2) is 66.2 Å². The lowest BCUT2D eigenvalue weighted by molar-refractivity contribution is -0.121. The molecular weight excluding hydrogens is 370 g/mol. The van der Waals surface area contributed by atoms with Gasteiger partial charge in [0.2, 0.25) is 5.91 Å². The van der Waals surface area contributed by atoms with Crippen molar-refractivity contribution in [3.8, 4) is 17.0 Å². The van der Waals surface area contributed by atoms with Gasteiger partial charge in [-0.3, -0.25) is 9.20 Å². The predicted octanol–water partition coefficient (Wildman–Crippen LogP) is 4.49. The first kappa shape index (κ1) is 18.3. The molecule has 0 fully saturated rings. The van der Waals surface area contributed by atoms with E-state index in [-0.39, 0.29) is 11.9 Å². The van der Waals surface area contributed by atoms with E-state index in [0.717, 1.165) is 33.2 Å². The molecule has 2 heterocycles. The minimum Gasteiger partial charge on any atom is -0.497 e. The molecule has 142 valence electrons. The van der Waals surface area contributed by atoms with E-state index in [4.69, 9.17) is 4.74 Å². The van der Waals surface area contributed by atoms with E-state index in [1.54, 1.807) is 7.11 Å². The zero-order valence-corrected chi connectivity index (χ0v) is 16.6. The summed E-state index contributed by atoms with van der Waals surface area (Å²) >= 11 is 1.54. The van der Waals surface area contributed by atoms with Crippen molar-refractivity contribution in [2.24, 2.45) is 0 Å². The number of rotatable bonds is 6. The molecule has 0 bridgehead atoms. The number of methoxy groups -OCH3 is 1. The fraction of sp³-hybridized carbons (Fsp3) is 0.182. The molecule has 2 aromatic carbocycles. The fourth-order valence-corrected chi connectivity index (χ4v) is 4.03. The molecular formula is C22H21N3O2S. The summed E-state index contributed by atoms with van der Waals surface area (Å²) in [5.74, 6) is 0.788. The van der Waals surface area contributed by atoms with Crippen molar-refractivity contribution in [3.05, 3.63) is 77.4 Å². The standard InChI is InChI=1S/C22H21N3O2S/c1-15(16-7-4-3-5-8-16)23-21(26)12-18-14-28-22-24-20(13-25(18)22)17-9-6-10-19(11-17)27-2/h3-11,13-15H,12H2,1-2H3,(H,23,26). The maximum Gasteiger partial charge on any atom is 0.226 e. The molecule has 1 amide bonds. The van der Waals surface area contributed by atoms with Gasteiger partial charge in [-0.1, -0.05) is 42.5 Å². The summed E-state index contributed by atoms with van der Waals surface area (Å²) in [5.41, 5.74) is 3.88. The molecule has 5 nitrogen and oxygen atoms in total. The first-order valence-electron chi connectivity index (χ1n) is 9.08. The Hall–Kier alpha value is -3.12. The van der Waals surface area contributed by atoms with Crippen LogP contribution >= 0.6 is 11.3 Å². The van der Waals surface area contributed by atoms with Crippen LogP contribution in [-0.2, 0) is 11.2 Å². The monoisotopic (exact) mass is 391 g/mol. The fourth-order valence-electron chi connectivity index (χ4n) is 3.16. The Morgan fingerprint density at radius 1 is 1.21 bits per heavy atom. The van der Waals surface area contributed by atoms with Crippen LogP contribution in [0.25, 0.3) is 16.2 Å². The van der Waals surface area contributed by atoms with Gasteiger partial charge in [-0.05, 0) is 24.6 Å². The topological polar surface area (TPSA) is 55.6 Å². The lowest BCUT2D eigenvalue weighted by atomic mass is 10.1. The van der Waals surface area contributed by atoms with Gasteiger partial charge in [-0.25, -0.2) is 4.98 Å². The van der Waals surface area contributed by atoms with Crippen LogP contribution in [0.3, 0.4) is 0 Å². The van der Waals surface area contributed by atoms with Crippen LogP contribution < -0.4 is 10.1 Å². The van der Waals surface area contributed by atoms with Crippen molar-refractivity contribution < 1.29 is 9.53 Å². The van der Waals surface area contributed by atoms with Crippen LogP contribution in [-0.4, -0.2) is 22.4 Å². The van der Waals surface area contributed by atoms with Crippen LogP contribution in [0.2, 0.25) is 0 Å². The number of thiazole rings is 1. The highest BCUT2D eigenvalue weighted by molar-refractivity contribution is 7.15. The number of nitrogens with one attached hydrogen (secondary N) is 1. The van der Waals surface area contributed by atoms with Crippen LogP contribution in [0.5, 0.6) is 5.75 Å².